The molecule has 1 N–H and O–H groups in total. The molecule has 100 valence electrons. The molecular formula is C13H20ClN3O. The van der Waals surface area contributed by atoms with E-state index in [1.165, 1.54) is 12.8 Å². The molecule has 0 radical (unpaired) electrons. The monoisotopic (exact) mass is 269 g/mol. The van der Waals surface area contributed by atoms with Crippen LogP contribution in [0.1, 0.15) is 23.3 Å². The molecule has 2 heterocycles. The van der Waals surface area contributed by atoms with Crippen molar-refractivity contribution < 1.29 is 4.79 Å². The van der Waals surface area contributed by atoms with E-state index in [4.69, 9.17) is 11.6 Å². The van der Waals surface area contributed by atoms with Crippen LogP contribution < -0.4 is 5.32 Å². The number of amides is 1. The second kappa shape index (κ2) is 5.76. The zero-order valence-electron chi connectivity index (χ0n) is 10.9. The maximum atomic E-state index is 12.3. The smallest absolute Gasteiger partial charge is 0.270 e. The topological polar surface area (TPSA) is 37.3 Å². The second-order valence-electron chi connectivity index (χ2n) is 5.05. The molecule has 18 heavy (non-hydrogen) atoms. The first kappa shape index (κ1) is 13.4. The zero-order chi connectivity index (χ0) is 13.1. The number of carbonyl (C=O) groups excluding carboxylic acids is 1. The Kier molecular flexibility index (Phi) is 4.30. The van der Waals surface area contributed by atoms with E-state index in [0.717, 1.165) is 19.6 Å². The van der Waals surface area contributed by atoms with Crippen molar-refractivity contribution in [3.8, 4) is 0 Å². The Bertz CT molecular complexity index is 424. The molecule has 1 fully saturated rings. The number of carbonyl (C=O) groups is 1. The average molecular weight is 270 g/mol. The molecule has 5 heteroatoms. The van der Waals surface area contributed by atoms with Gasteiger partial charge < -0.3 is 14.8 Å². The molecule has 2 rings (SSSR count). The Hall–Kier alpha value is -1.00. The lowest BCUT2D eigenvalue weighted by Gasteiger charge is -2.27. The molecule has 0 saturated carbocycles. The first-order chi connectivity index (χ1) is 8.58. The fourth-order valence-corrected chi connectivity index (χ4v) is 2.73. The third-order valence-corrected chi connectivity index (χ3v) is 3.68. The number of piperidine rings is 1. The van der Waals surface area contributed by atoms with Gasteiger partial charge in [-0.1, -0.05) is 11.6 Å². The minimum Gasteiger partial charge on any atom is -0.345 e. The molecule has 1 amide bonds. The van der Waals surface area contributed by atoms with Gasteiger partial charge in [-0.25, -0.2) is 0 Å². The number of halogens is 1. The molecule has 1 aliphatic heterocycles. The number of aryl methyl sites for hydroxylation is 1. The standard InChI is InChI=1S/C13H20ClN3O/c1-16-9-11(14)6-12(16)13(18)17(2)8-10-4-3-5-15-7-10/h6,9-10,15H,3-5,7-8H2,1-2H3. The minimum atomic E-state index is 0.0370. The molecule has 1 unspecified atom stereocenters. The van der Waals surface area contributed by atoms with E-state index in [9.17, 15) is 4.79 Å². The first-order valence-corrected chi connectivity index (χ1v) is 6.74. The highest BCUT2D eigenvalue weighted by molar-refractivity contribution is 6.31. The lowest BCUT2D eigenvalue weighted by Crippen LogP contribution is -2.39. The van der Waals surface area contributed by atoms with Crippen molar-refractivity contribution in [3.63, 3.8) is 0 Å². The summed E-state index contributed by atoms with van der Waals surface area (Å²) in [4.78, 5) is 14.1. The predicted molar refractivity (Wildman–Crippen MR) is 73.0 cm³/mol. The van der Waals surface area contributed by atoms with Gasteiger partial charge in [-0.15, -0.1) is 0 Å². The van der Waals surface area contributed by atoms with E-state index >= 15 is 0 Å². The van der Waals surface area contributed by atoms with Crippen molar-refractivity contribution >= 4 is 17.5 Å². The molecule has 0 bridgehead atoms. The van der Waals surface area contributed by atoms with Crippen molar-refractivity contribution in [2.24, 2.45) is 13.0 Å². The number of hydrogen-bond acceptors (Lipinski definition) is 2. The van der Waals surface area contributed by atoms with Crippen LogP contribution in [0.4, 0.5) is 0 Å². The van der Waals surface area contributed by atoms with Crippen LogP contribution >= 0.6 is 11.6 Å². The van der Waals surface area contributed by atoms with Gasteiger partial charge in [0.05, 0.1) is 5.02 Å². The highest BCUT2D eigenvalue weighted by Crippen LogP contribution is 2.16. The maximum Gasteiger partial charge on any atom is 0.270 e. The highest BCUT2D eigenvalue weighted by Gasteiger charge is 2.20. The Morgan fingerprint density at radius 2 is 2.44 bits per heavy atom. The van der Waals surface area contributed by atoms with Crippen LogP contribution in [0.2, 0.25) is 5.02 Å². The summed E-state index contributed by atoms with van der Waals surface area (Å²) in [6.45, 7) is 2.90. The molecule has 1 aromatic rings. The van der Waals surface area contributed by atoms with Gasteiger partial charge in [0, 0.05) is 26.8 Å². The van der Waals surface area contributed by atoms with Crippen LogP contribution in [0.3, 0.4) is 0 Å². The van der Waals surface area contributed by atoms with E-state index in [0.29, 0.717) is 16.6 Å². The van der Waals surface area contributed by atoms with Gasteiger partial charge in [-0.05, 0) is 37.9 Å². The first-order valence-electron chi connectivity index (χ1n) is 6.36. The van der Waals surface area contributed by atoms with Gasteiger partial charge in [0.15, 0.2) is 0 Å². The van der Waals surface area contributed by atoms with Crippen LogP contribution in [-0.2, 0) is 7.05 Å². The summed E-state index contributed by atoms with van der Waals surface area (Å²) >= 11 is 5.90. The summed E-state index contributed by atoms with van der Waals surface area (Å²) < 4.78 is 1.78. The number of nitrogens with one attached hydrogen (secondary N) is 1. The van der Waals surface area contributed by atoms with E-state index < -0.39 is 0 Å². The number of aromatic nitrogens is 1. The maximum absolute atomic E-state index is 12.3. The lowest BCUT2D eigenvalue weighted by atomic mass is 9.99. The van der Waals surface area contributed by atoms with E-state index in [-0.39, 0.29) is 5.91 Å². The fraction of sp³-hybridized carbons (Fsp3) is 0.615. The van der Waals surface area contributed by atoms with Crippen LogP contribution in [0.25, 0.3) is 0 Å². The van der Waals surface area contributed by atoms with E-state index in [2.05, 4.69) is 5.32 Å². The van der Waals surface area contributed by atoms with Crippen molar-refractivity contribution in [3.05, 3.63) is 23.0 Å². The van der Waals surface area contributed by atoms with Crippen molar-refractivity contribution in [1.82, 2.24) is 14.8 Å². The summed E-state index contributed by atoms with van der Waals surface area (Å²) in [5.74, 6) is 0.596. The third kappa shape index (κ3) is 3.06. The summed E-state index contributed by atoms with van der Waals surface area (Å²) in [6.07, 6.45) is 4.14. The van der Waals surface area contributed by atoms with E-state index in [1.807, 2.05) is 14.1 Å². The summed E-state index contributed by atoms with van der Waals surface area (Å²) in [7, 11) is 3.70. The molecule has 1 atom stereocenters. The Morgan fingerprint density at radius 3 is 3.00 bits per heavy atom. The predicted octanol–water partition coefficient (Wildman–Crippen LogP) is 1.75. The molecule has 0 spiro atoms. The average Bonchev–Trinajstić information content (AvgIpc) is 2.68. The Balaban J connectivity index is 1.97. The van der Waals surface area contributed by atoms with Gasteiger partial charge in [-0.3, -0.25) is 4.79 Å². The molecule has 1 aromatic heterocycles. The van der Waals surface area contributed by atoms with Crippen molar-refractivity contribution in [2.75, 3.05) is 26.7 Å². The normalized spacial score (nSPS) is 19.8. The third-order valence-electron chi connectivity index (χ3n) is 3.47. The minimum absolute atomic E-state index is 0.0370. The molecule has 1 aliphatic rings. The van der Waals surface area contributed by atoms with E-state index in [1.54, 1.807) is 21.7 Å². The molecule has 0 aliphatic carbocycles. The molecule has 4 nitrogen and oxygen atoms in total. The second-order valence-corrected chi connectivity index (χ2v) is 5.49. The van der Waals surface area contributed by atoms with Gasteiger partial charge in [0.1, 0.15) is 5.69 Å². The van der Waals surface area contributed by atoms with Crippen molar-refractivity contribution in [1.29, 1.82) is 0 Å². The Labute approximate surface area is 113 Å². The highest BCUT2D eigenvalue weighted by atomic mass is 35.5. The number of hydrogen-bond donors (Lipinski definition) is 1. The van der Waals surface area contributed by atoms with Gasteiger partial charge in [-0.2, -0.15) is 0 Å². The van der Waals surface area contributed by atoms with Crippen LogP contribution in [0.5, 0.6) is 0 Å². The summed E-state index contributed by atoms with van der Waals surface area (Å²) in [5, 5.41) is 3.98. The lowest BCUT2D eigenvalue weighted by molar-refractivity contribution is 0.0755. The zero-order valence-corrected chi connectivity index (χ0v) is 11.7. The molecule has 1 saturated heterocycles. The number of nitrogens with zero attached hydrogens (tertiary/aromatic N) is 2. The Morgan fingerprint density at radius 1 is 1.67 bits per heavy atom. The molecule has 0 aromatic carbocycles. The van der Waals surface area contributed by atoms with Crippen LogP contribution in [0.15, 0.2) is 12.3 Å². The van der Waals surface area contributed by atoms with Gasteiger partial charge in [0.25, 0.3) is 5.91 Å². The number of rotatable bonds is 3. The van der Waals surface area contributed by atoms with Gasteiger partial charge >= 0.3 is 0 Å². The van der Waals surface area contributed by atoms with Crippen LogP contribution in [0, 0.1) is 5.92 Å². The fourth-order valence-electron chi connectivity index (χ4n) is 2.48. The SMILES string of the molecule is CN(CC1CCCNC1)C(=O)c1cc(Cl)cn1C. The summed E-state index contributed by atoms with van der Waals surface area (Å²) in [6, 6.07) is 1.72. The largest absolute Gasteiger partial charge is 0.345 e. The van der Waals surface area contributed by atoms with Crippen LogP contribution in [-0.4, -0.2) is 42.1 Å². The van der Waals surface area contributed by atoms with Gasteiger partial charge in [0.2, 0.25) is 0 Å². The quantitative estimate of drug-likeness (QED) is 0.908. The molecular weight excluding hydrogens is 250 g/mol. The van der Waals surface area contributed by atoms with Crippen molar-refractivity contribution in [2.45, 2.75) is 12.8 Å². The summed E-state index contributed by atoms with van der Waals surface area (Å²) in [5.41, 5.74) is 0.645.